The zero-order valence-electron chi connectivity index (χ0n) is 18.1. The fourth-order valence-electron chi connectivity index (χ4n) is 3.28. The smallest absolute Gasteiger partial charge is 0.251 e. The van der Waals surface area contributed by atoms with E-state index in [1.165, 1.54) is 0 Å². The average molecular weight is 447 g/mol. The van der Waals surface area contributed by atoms with Gasteiger partial charge in [0.2, 0.25) is 0 Å². The third-order valence-electron chi connectivity index (χ3n) is 5.01. The van der Waals surface area contributed by atoms with E-state index in [9.17, 15) is 4.79 Å². The summed E-state index contributed by atoms with van der Waals surface area (Å²) in [5.41, 5.74) is 4.80. The van der Waals surface area contributed by atoms with Crippen molar-refractivity contribution in [3.05, 3.63) is 88.3 Å². The van der Waals surface area contributed by atoms with Crippen LogP contribution >= 0.6 is 11.6 Å². The Balaban J connectivity index is 1.71. The molecule has 0 aliphatic rings. The quantitative estimate of drug-likeness (QED) is 0.462. The van der Waals surface area contributed by atoms with E-state index in [1.54, 1.807) is 29.1 Å². The van der Waals surface area contributed by atoms with Crippen molar-refractivity contribution in [2.75, 3.05) is 0 Å². The molecule has 162 valence electrons. The van der Waals surface area contributed by atoms with Gasteiger partial charge in [0.25, 0.3) is 5.91 Å². The summed E-state index contributed by atoms with van der Waals surface area (Å²) in [4.78, 5) is 17.6. The summed E-state index contributed by atoms with van der Waals surface area (Å²) in [5.74, 6) is 0.634. The van der Waals surface area contributed by atoms with Crippen molar-refractivity contribution in [3.8, 4) is 16.9 Å². The van der Waals surface area contributed by atoms with Crippen LogP contribution < -0.4 is 5.32 Å². The first-order valence-electron chi connectivity index (χ1n) is 10.3. The van der Waals surface area contributed by atoms with Gasteiger partial charge in [0.05, 0.1) is 11.4 Å². The number of rotatable bonds is 6. The monoisotopic (exact) mass is 446 g/mol. The number of hydrogen-bond donors (Lipinski definition) is 1. The van der Waals surface area contributed by atoms with E-state index in [4.69, 9.17) is 11.6 Å². The highest BCUT2D eigenvalue weighted by Crippen LogP contribution is 2.25. The third kappa shape index (κ3) is 4.84. The summed E-state index contributed by atoms with van der Waals surface area (Å²) in [6.07, 6.45) is 1.80. The topological polar surface area (TPSA) is 85.6 Å². The summed E-state index contributed by atoms with van der Waals surface area (Å²) in [6.45, 7) is 6.42. The maximum absolute atomic E-state index is 13.0. The first-order valence-corrected chi connectivity index (χ1v) is 10.7. The number of aryl methyl sites for hydroxylation is 1. The van der Waals surface area contributed by atoms with Gasteiger partial charge >= 0.3 is 0 Å². The Morgan fingerprint density at radius 1 is 1.09 bits per heavy atom. The molecule has 0 saturated carbocycles. The minimum Gasteiger partial charge on any atom is -0.348 e. The Hall–Kier alpha value is -3.58. The Morgan fingerprint density at radius 2 is 1.88 bits per heavy atom. The van der Waals surface area contributed by atoms with Crippen LogP contribution in [0.3, 0.4) is 0 Å². The molecule has 0 aliphatic carbocycles. The number of nitrogens with one attached hydrogen (secondary N) is 1. The predicted molar refractivity (Wildman–Crippen MR) is 124 cm³/mol. The molecule has 8 heteroatoms. The lowest BCUT2D eigenvalue weighted by Gasteiger charge is -2.12. The van der Waals surface area contributed by atoms with Gasteiger partial charge in [-0.1, -0.05) is 43.6 Å². The highest BCUT2D eigenvalue weighted by atomic mass is 35.5. The van der Waals surface area contributed by atoms with E-state index in [1.807, 2.05) is 57.2 Å². The molecule has 32 heavy (non-hydrogen) atoms. The van der Waals surface area contributed by atoms with Crippen LogP contribution in [0.2, 0.25) is 5.02 Å². The second-order valence-corrected chi connectivity index (χ2v) is 8.34. The zero-order chi connectivity index (χ0) is 22.7. The molecule has 0 radical (unpaired) electrons. The molecule has 0 saturated heterocycles. The summed E-state index contributed by atoms with van der Waals surface area (Å²) in [6, 6.07) is 16.9. The molecule has 0 aliphatic heterocycles. The second kappa shape index (κ2) is 9.28. The van der Waals surface area contributed by atoms with Gasteiger partial charge in [-0.05, 0) is 64.9 Å². The number of benzene rings is 2. The van der Waals surface area contributed by atoms with Crippen LogP contribution in [-0.4, -0.2) is 31.1 Å². The molecule has 0 spiro atoms. The van der Waals surface area contributed by atoms with Crippen molar-refractivity contribution < 1.29 is 4.79 Å². The van der Waals surface area contributed by atoms with Gasteiger partial charge in [-0.25, -0.2) is 0 Å². The highest BCUT2D eigenvalue weighted by Gasteiger charge is 2.16. The Bertz CT molecular complexity index is 1230. The molecule has 0 atom stereocenters. The van der Waals surface area contributed by atoms with Gasteiger partial charge in [-0.2, -0.15) is 4.68 Å². The molecule has 1 amide bonds. The van der Waals surface area contributed by atoms with Crippen molar-refractivity contribution >= 4 is 17.5 Å². The van der Waals surface area contributed by atoms with Crippen LogP contribution in [0.1, 0.15) is 47.1 Å². The standard InChI is InChI=1S/C24H23ClN6O/c1-15(2)23-28-29-30-31(23)21-11-18(22-9-4-16(3)13-26-22)10-19(12-21)24(32)27-14-17-5-7-20(25)8-6-17/h4-13,15H,14H2,1-3H3,(H,27,32). The van der Waals surface area contributed by atoms with Crippen LogP contribution in [0, 0.1) is 6.92 Å². The van der Waals surface area contributed by atoms with Crippen LogP contribution in [0.15, 0.2) is 60.8 Å². The summed E-state index contributed by atoms with van der Waals surface area (Å²) >= 11 is 5.95. The molecule has 2 heterocycles. The van der Waals surface area contributed by atoms with Crippen molar-refractivity contribution in [1.82, 2.24) is 30.5 Å². The predicted octanol–water partition coefficient (Wildman–Crippen LogP) is 4.74. The molecule has 0 bridgehead atoms. The normalized spacial score (nSPS) is 11.0. The van der Waals surface area contributed by atoms with Crippen LogP contribution in [0.5, 0.6) is 0 Å². The lowest BCUT2D eigenvalue weighted by atomic mass is 10.0. The van der Waals surface area contributed by atoms with Gasteiger partial charge < -0.3 is 5.32 Å². The number of tetrazole rings is 1. The molecule has 0 fully saturated rings. The molecular formula is C24H23ClN6O. The minimum atomic E-state index is -0.200. The van der Waals surface area contributed by atoms with E-state index in [0.29, 0.717) is 28.6 Å². The average Bonchev–Trinajstić information content (AvgIpc) is 3.29. The first-order chi connectivity index (χ1) is 15.4. The van der Waals surface area contributed by atoms with Crippen LogP contribution in [-0.2, 0) is 6.54 Å². The van der Waals surface area contributed by atoms with Gasteiger partial charge in [-0.3, -0.25) is 9.78 Å². The fraction of sp³-hybridized carbons (Fsp3) is 0.208. The number of carbonyl (C=O) groups is 1. The van der Waals surface area contributed by atoms with Gasteiger partial charge in [0, 0.05) is 34.8 Å². The van der Waals surface area contributed by atoms with Gasteiger partial charge in [0.1, 0.15) is 0 Å². The summed E-state index contributed by atoms with van der Waals surface area (Å²) in [5, 5.41) is 15.7. The largest absolute Gasteiger partial charge is 0.348 e. The maximum Gasteiger partial charge on any atom is 0.251 e. The van der Waals surface area contributed by atoms with Gasteiger partial charge in [-0.15, -0.1) is 5.10 Å². The number of nitrogens with zero attached hydrogens (tertiary/aromatic N) is 5. The van der Waals surface area contributed by atoms with Crippen LogP contribution in [0.25, 0.3) is 16.9 Å². The number of aromatic nitrogens is 5. The minimum absolute atomic E-state index is 0.119. The Morgan fingerprint density at radius 3 is 2.56 bits per heavy atom. The third-order valence-corrected chi connectivity index (χ3v) is 5.26. The number of hydrogen-bond acceptors (Lipinski definition) is 5. The van der Waals surface area contributed by atoms with Crippen molar-refractivity contribution in [1.29, 1.82) is 0 Å². The molecule has 2 aromatic heterocycles. The van der Waals surface area contributed by atoms with E-state index >= 15 is 0 Å². The van der Waals surface area contributed by atoms with Crippen molar-refractivity contribution in [3.63, 3.8) is 0 Å². The first kappa shape index (κ1) is 21.6. The Kier molecular flexibility index (Phi) is 6.28. The van der Waals surface area contributed by atoms with Crippen LogP contribution in [0.4, 0.5) is 0 Å². The Labute approximate surface area is 191 Å². The van der Waals surface area contributed by atoms with E-state index in [-0.39, 0.29) is 11.8 Å². The molecule has 4 rings (SSSR count). The maximum atomic E-state index is 13.0. The number of pyridine rings is 1. The molecule has 2 aromatic carbocycles. The molecular weight excluding hydrogens is 424 g/mol. The lowest BCUT2D eigenvalue weighted by molar-refractivity contribution is 0.0951. The van der Waals surface area contributed by atoms with E-state index < -0.39 is 0 Å². The number of carbonyl (C=O) groups excluding carboxylic acids is 1. The zero-order valence-corrected chi connectivity index (χ0v) is 18.8. The molecule has 0 unspecified atom stereocenters. The number of amides is 1. The molecule has 7 nitrogen and oxygen atoms in total. The summed E-state index contributed by atoms with van der Waals surface area (Å²) < 4.78 is 1.67. The van der Waals surface area contributed by atoms with Crippen molar-refractivity contribution in [2.45, 2.75) is 33.2 Å². The highest BCUT2D eigenvalue weighted by molar-refractivity contribution is 6.30. The second-order valence-electron chi connectivity index (χ2n) is 7.90. The SMILES string of the molecule is Cc1ccc(-c2cc(C(=O)NCc3ccc(Cl)cc3)cc(-n3nnnc3C(C)C)c2)nc1. The lowest BCUT2D eigenvalue weighted by Crippen LogP contribution is -2.23. The van der Waals surface area contributed by atoms with Gasteiger partial charge in [0.15, 0.2) is 5.82 Å². The summed E-state index contributed by atoms with van der Waals surface area (Å²) in [7, 11) is 0. The van der Waals surface area contributed by atoms with E-state index in [0.717, 1.165) is 22.4 Å². The molecule has 1 N–H and O–H groups in total. The fourth-order valence-corrected chi connectivity index (χ4v) is 3.40. The van der Waals surface area contributed by atoms with E-state index in [2.05, 4.69) is 25.8 Å². The molecule has 4 aromatic rings. The van der Waals surface area contributed by atoms with Crippen molar-refractivity contribution in [2.24, 2.45) is 0 Å². The number of halogens is 1.